The number of halogens is 3. The van der Waals surface area contributed by atoms with Crippen LogP contribution in [-0.2, 0) is 11.3 Å². The Labute approximate surface area is 132 Å². The van der Waals surface area contributed by atoms with Gasteiger partial charge in [-0.15, -0.1) is 24.2 Å². The van der Waals surface area contributed by atoms with E-state index < -0.39 is 6.61 Å². The molecule has 1 saturated heterocycles. The molecule has 0 aliphatic carbocycles. The van der Waals surface area contributed by atoms with E-state index in [9.17, 15) is 13.6 Å². The zero-order valence-electron chi connectivity index (χ0n) is 11.4. The molecule has 8 heteroatoms. The number of alkyl halides is 2. The minimum atomic E-state index is -2.87. The Bertz CT molecular complexity index is 485. The molecule has 1 amide bonds. The fourth-order valence-electron chi connectivity index (χ4n) is 1.93. The molecule has 0 aromatic heterocycles. The number of hydrogen-bond acceptors (Lipinski definition) is 4. The third-order valence-corrected chi connectivity index (χ3v) is 3.86. The summed E-state index contributed by atoms with van der Waals surface area (Å²) in [6, 6.07) is 4.70. The summed E-state index contributed by atoms with van der Waals surface area (Å²) in [7, 11) is 0. The zero-order valence-corrected chi connectivity index (χ0v) is 13.0. The van der Waals surface area contributed by atoms with Gasteiger partial charge in [-0.25, -0.2) is 0 Å². The number of carbonyl (C=O) groups excluding carboxylic acids is 1. The van der Waals surface area contributed by atoms with Gasteiger partial charge in [0.05, 0.1) is 6.04 Å². The monoisotopic (exact) mass is 338 g/mol. The van der Waals surface area contributed by atoms with Crippen molar-refractivity contribution >= 4 is 30.1 Å². The van der Waals surface area contributed by atoms with Gasteiger partial charge in [-0.2, -0.15) is 8.78 Å². The number of amides is 1. The Hall–Kier alpha value is -1.05. The van der Waals surface area contributed by atoms with Gasteiger partial charge in [0.1, 0.15) is 5.75 Å². The molecule has 0 saturated carbocycles. The summed E-state index contributed by atoms with van der Waals surface area (Å²) in [5.74, 6) is 1.45. The largest absolute Gasteiger partial charge is 0.434 e. The van der Waals surface area contributed by atoms with Crippen molar-refractivity contribution in [2.45, 2.75) is 26.1 Å². The lowest BCUT2D eigenvalue weighted by Crippen LogP contribution is -2.41. The Morgan fingerprint density at radius 3 is 2.95 bits per heavy atom. The number of thioether (sulfide) groups is 1. The van der Waals surface area contributed by atoms with Gasteiger partial charge < -0.3 is 10.1 Å². The zero-order chi connectivity index (χ0) is 14.5. The molecular weight excluding hydrogens is 322 g/mol. The van der Waals surface area contributed by atoms with E-state index in [1.54, 1.807) is 23.9 Å². The van der Waals surface area contributed by atoms with Crippen LogP contribution in [0.25, 0.3) is 0 Å². The summed E-state index contributed by atoms with van der Waals surface area (Å²) in [6.45, 7) is -0.849. The van der Waals surface area contributed by atoms with Crippen LogP contribution in [0.3, 0.4) is 0 Å². The maximum atomic E-state index is 12.3. The lowest BCUT2D eigenvalue weighted by Gasteiger charge is -2.14. The van der Waals surface area contributed by atoms with E-state index in [4.69, 9.17) is 0 Å². The van der Waals surface area contributed by atoms with E-state index in [2.05, 4.69) is 15.4 Å². The molecule has 1 fully saturated rings. The molecular formula is C13H17ClF2N2O2S. The van der Waals surface area contributed by atoms with Crippen molar-refractivity contribution in [3.05, 3.63) is 29.3 Å². The number of hydrogen-bond donors (Lipinski definition) is 2. The molecule has 1 unspecified atom stereocenters. The predicted molar refractivity (Wildman–Crippen MR) is 81.2 cm³/mol. The summed E-state index contributed by atoms with van der Waals surface area (Å²) in [5.41, 5.74) is 1.47. The normalized spacial score (nSPS) is 17.4. The molecule has 1 aliphatic heterocycles. The standard InChI is InChI=1S/C13H16F2N2O2S.ClH/c1-8-2-3-11(19-13(14)15)9(4-8)5-16-12(18)10-6-20-7-17-10;/h2-4,10,13,17H,5-7H2,1H3,(H,16,18);1H. The minimum absolute atomic E-state index is 0. The van der Waals surface area contributed by atoms with Crippen molar-refractivity contribution in [1.29, 1.82) is 0 Å². The Morgan fingerprint density at radius 2 is 2.33 bits per heavy atom. The number of nitrogens with one attached hydrogen (secondary N) is 2. The second-order valence-corrected chi connectivity index (χ2v) is 5.51. The van der Waals surface area contributed by atoms with Crippen molar-refractivity contribution in [3.63, 3.8) is 0 Å². The van der Waals surface area contributed by atoms with Crippen LogP contribution >= 0.6 is 24.2 Å². The predicted octanol–water partition coefficient (Wildman–Crippen LogP) is 2.30. The van der Waals surface area contributed by atoms with Crippen LogP contribution in [0.2, 0.25) is 0 Å². The quantitative estimate of drug-likeness (QED) is 0.865. The molecule has 0 radical (unpaired) electrons. The maximum absolute atomic E-state index is 12.3. The van der Waals surface area contributed by atoms with Gasteiger partial charge in [-0.1, -0.05) is 17.7 Å². The van der Waals surface area contributed by atoms with Gasteiger partial charge in [-0.05, 0) is 13.0 Å². The number of aryl methyl sites for hydroxylation is 1. The first-order valence-corrected chi connectivity index (χ1v) is 7.35. The SMILES string of the molecule is Cc1ccc(OC(F)F)c(CNC(=O)C2CSCN2)c1.Cl. The van der Waals surface area contributed by atoms with Crippen LogP contribution in [0.1, 0.15) is 11.1 Å². The molecule has 1 heterocycles. The van der Waals surface area contributed by atoms with E-state index in [0.29, 0.717) is 5.56 Å². The van der Waals surface area contributed by atoms with E-state index in [-0.39, 0.29) is 36.7 Å². The molecule has 4 nitrogen and oxygen atoms in total. The van der Waals surface area contributed by atoms with Gasteiger partial charge in [0, 0.05) is 23.7 Å². The molecule has 1 aromatic carbocycles. The number of benzene rings is 1. The van der Waals surface area contributed by atoms with Crippen LogP contribution in [0, 0.1) is 6.92 Å². The highest BCUT2D eigenvalue weighted by Crippen LogP contribution is 2.22. The van der Waals surface area contributed by atoms with Gasteiger partial charge in [-0.3, -0.25) is 10.1 Å². The van der Waals surface area contributed by atoms with Crippen molar-refractivity contribution in [3.8, 4) is 5.75 Å². The number of rotatable bonds is 5. The van der Waals surface area contributed by atoms with Crippen LogP contribution in [0.15, 0.2) is 18.2 Å². The topological polar surface area (TPSA) is 50.4 Å². The molecule has 21 heavy (non-hydrogen) atoms. The van der Waals surface area contributed by atoms with E-state index in [1.807, 2.05) is 6.92 Å². The molecule has 1 aromatic rings. The third-order valence-electron chi connectivity index (χ3n) is 2.92. The highest BCUT2D eigenvalue weighted by molar-refractivity contribution is 7.99. The maximum Gasteiger partial charge on any atom is 0.387 e. The fraction of sp³-hybridized carbons (Fsp3) is 0.462. The summed E-state index contributed by atoms with van der Waals surface area (Å²) in [6.07, 6.45) is 0. The van der Waals surface area contributed by atoms with E-state index in [1.165, 1.54) is 6.07 Å². The van der Waals surface area contributed by atoms with Gasteiger partial charge in [0.15, 0.2) is 0 Å². The molecule has 0 spiro atoms. The van der Waals surface area contributed by atoms with Crippen LogP contribution in [0.5, 0.6) is 5.75 Å². The van der Waals surface area contributed by atoms with Gasteiger partial charge >= 0.3 is 6.61 Å². The van der Waals surface area contributed by atoms with Crippen molar-refractivity contribution in [1.82, 2.24) is 10.6 Å². The average molecular weight is 339 g/mol. The first-order valence-electron chi connectivity index (χ1n) is 6.19. The lowest BCUT2D eigenvalue weighted by atomic mass is 10.1. The first-order chi connectivity index (χ1) is 9.56. The first kappa shape index (κ1) is 18.0. The molecule has 118 valence electrons. The third kappa shape index (κ3) is 5.33. The molecule has 2 N–H and O–H groups in total. The number of ether oxygens (including phenoxy) is 1. The van der Waals surface area contributed by atoms with Crippen molar-refractivity contribution < 1.29 is 18.3 Å². The van der Waals surface area contributed by atoms with E-state index >= 15 is 0 Å². The molecule has 1 aliphatic rings. The fourth-order valence-corrected chi connectivity index (χ4v) is 2.87. The smallest absolute Gasteiger partial charge is 0.387 e. The highest BCUT2D eigenvalue weighted by Gasteiger charge is 2.22. The summed E-state index contributed by atoms with van der Waals surface area (Å²) < 4.78 is 29.1. The van der Waals surface area contributed by atoms with E-state index in [0.717, 1.165) is 17.2 Å². The molecule has 0 bridgehead atoms. The summed E-state index contributed by atoms with van der Waals surface area (Å²) >= 11 is 1.65. The summed E-state index contributed by atoms with van der Waals surface area (Å²) in [4.78, 5) is 11.9. The molecule has 1 atom stereocenters. The van der Waals surface area contributed by atoms with Gasteiger partial charge in [0.2, 0.25) is 5.91 Å². The number of carbonyl (C=O) groups is 1. The van der Waals surface area contributed by atoms with Crippen molar-refractivity contribution in [2.24, 2.45) is 0 Å². The minimum Gasteiger partial charge on any atom is -0.434 e. The van der Waals surface area contributed by atoms with Crippen LogP contribution < -0.4 is 15.4 Å². The average Bonchev–Trinajstić information content (AvgIpc) is 2.92. The lowest BCUT2D eigenvalue weighted by molar-refractivity contribution is -0.122. The Balaban J connectivity index is 0.00000220. The van der Waals surface area contributed by atoms with Crippen molar-refractivity contribution in [2.75, 3.05) is 11.6 Å². The highest BCUT2D eigenvalue weighted by atomic mass is 35.5. The second kappa shape index (κ2) is 8.41. The summed E-state index contributed by atoms with van der Waals surface area (Å²) in [5, 5.41) is 5.79. The van der Waals surface area contributed by atoms with Gasteiger partial charge in [0.25, 0.3) is 0 Å². The molecule has 2 rings (SSSR count). The van der Waals surface area contributed by atoms with Crippen LogP contribution in [-0.4, -0.2) is 30.2 Å². The Morgan fingerprint density at radius 1 is 1.57 bits per heavy atom. The van der Waals surface area contributed by atoms with Crippen LogP contribution in [0.4, 0.5) is 8.78 Å². The Kier molecular flexibility index (Phi) is 7.21. The second-order valence-electron chi connectivity index (χ2n) is 4.48.